The minimum Gasteiger partial charge on any atom is -0.394 e. The van der Waals surface area contributed by atoms with E-state index < -0.39 is 17.8 Å². The zero-order valence-electron chi connectivity index (χ0n) is 16.4. The minimum absolute atomic E-state index is 0.0447. The second kappa shape index (κ2) is 7.56. The van der Waals surface area contributed by atoms with Gasteiger partial charge in [-0.1, -0.05) is 12.1 Å². The van der Waals surface area contributed by atoms with Crippen molar-refractivity contribution < 1.29 is 18.3 Å². The number of aryl methyl sites for hydroxylation is 1. The van der Waals surface area contributed by atoms with Crippen LogP contribution in [0.1, 0.15) is 29.9 Å². The molecule has 6 nitrogen and oxygen atoms in total. The number of benzene rings is 2. The number of halogens is 3. The van der Waals surface area contributed by atoms with Crippen LogP contribution in [-0.2, 0) is 12.7 Å². The number of nitrogens with one attached hydrogen (secondary N) is 1. The van der Waals surface area contributed by atoms with Gasteiger partial charge < -0.3 is 10.4 Å². The van der Waals surface area contributed by atoms with Gasteiger partial charge >= 0.3 is 6.18 Å². The standard InChI is InChI=1S/C21H20F3N5O/c1-12(14-4-3-5-16(8-14)21(22,23)24)26-20-17-10-19-15(11-25-29(19)6-7-30)9-18(17)27-13(2)28-20/h3-5,8-12,30H,6-7H2,1-2H3,(H,26,27,28). The summed E-state index contributed by atoms with van der Waals surface area (Å²) in [6.45, 7) is 3.86. The van der Waals surface area contributed by atoms with Crippen LogP contribution in [0.3, 0.4) is 0 Å². The smallest absolute Gasteiger partial charge is 0.394 e. The molecule has 2 aromatic carbocycles. The Morgan fingerprint density at radius 2 is 1.97 bits per heavy atom. The number of anilines is 1. The summed E-state index contributed by atoms with van der Waals surface area (Å²) in [4.78, 5) is 8.96. The Morgan fingerprint density at radius 3 is 2.70 bits per heavy atom. The maximum Gasteiger partial charge on any atom is 0.416 e. The van der Waals surface area contributed by atoms with Crippen LogP contribution in [0.25, 0.3) is 21.8 Å². The number of aliphatic hydroxyl groups excluding tert-OH is 1. The molecule has 0 aliphatic heterocycles. The van der Waals surface area contributed by atoms with Crippen molar-refractivity contribution in [1.29, 1.82) is 0 Å². The Hall–Kier alpha value is -3.20. The van der Waals surface area contributed by atoms with Crippen LogP contribution >= 0.6 is 0 Å². The van der Waals surface area contributed by atoms with E-state index in [2.05, 4.69) is 20.4 Å². The van der Waals surface area contributed by atoms with Crippen LogP contribution in [0.5, 0.6) is 0 Å². The van der Waals surface area contributed by atoms with Crippen LogP contribution in [0.2, 0.25) is 0 Å². The fourth-order valence-electron chi connectivity index (χ4n) is 3.47. The molecule has 2 aromatic heterocycles. The van der Waals surface area contributed by atoms with E-state index in [1.165, 1.54) is 6.07 Å². The molecule has 1 unspecified atom stereocenters. The highest BCUT2D eigenvalue weighted by molar-refractivity contribution is 5.99. The van der Waals surface area contributed by atoms with E-state index in [1.807, 2.05) is 12.1 Å². The fraction of sp³-hybridized carbons (Fsp3) is 0.286. The first kappa shape index (κ1) is 20.1. The molecule has 1 atom stereocenters. The lowest BCUT2D eigenvalue weighted by molar-refractivity contribution is -0.137. The molecule has 2 heterocycles. The quantitative estimate of drug-likeness (QED) is 0.503. The summed E-state index contributed by atoms with van der Waals surface area (Å²) in [6, 6.07) is 8.60. The molecule has 4 rings (SSSR count). The molecule has 2 N–H and O–H groups in total. The normalized spacial score (nSPS) is 13.1. The van der Waals surface area contributed by atoms with Crippen molar-refractivity contribution in [1.82, 2.24) is 19.7 Å². The minimum atomic E-state index is -4.40. The van der Waals surface area contributed by atoms with Gasteiger partial charge in [-0.2, -0.15) is 18.3 Å². The monoisotopic (exact) mass is 415 g/mol. The first-order chi connectivity index (χ1) is 14.3. The van der Waals surface area contributed by atoms with Gasteiger partial charge in [0.1, 0.15) is 11.6 Å². The number of nitrogens with zero attached hydrogens (tertiary/aromatic N) is 4. The van der Waals surface area contributed by atoms with Crippen molar-refractivity contribution in [2.45, 2.75) is 32.6 Å². The van der Waals surface area contributed by atoms with Crippen LogP contribution in [0.4, 0.5) is 19.0 Å². The number of rotatable bonds is 5. The van der Waals surface area contributed by atoms with Crippen LogP contribution < -0.4 is 5.32 Å². The van der Waals surface area contributed by atoms with Gasteiger partial charge in [0.25, 0.3) is 0 Å². The van der Waals surface area contributed by atoms with E-state index >= 15 is 0 Å². The molecule has 0 aliphatic carbocycles. The maximum absolute atomic E-state index is 13.1. The Balaban J connectivity index is 1.76. The third-order valence-corrected chi connectivity index (χ3v) is 4.95. The molecule has 0 fully saturated rings. The number of alkyl halides is 3. The number of fused-ring (bicyclic) bond motifs is 2. The van der Waals surface area contributed by atoms with Crippen LogP contribution in [0.15, 0.2) is 42.6 Å². The summed E-state index contributed by atoms with van der Waals surface area (Å²) in [5, 5.41) is 18.4. The molecule has 0 spiro atoms. The lowest BCUT2D eigenvalue weighted by Crippen LogP contribution is -2.12. The van der Waals surface area contributed by atoms with Gasteiger partial charge in [-0.05, 0) is 43.7 Å². The molecule has 0 saturated carbocycles. The Bertz CT molecular complexity index is 1220. The fourth-order valence-corrected chi connectivity index (χ4v) is 3.47. The SMILES string of the molecule is Cc1nc(NC(C)c2cccc(C(F)(F)F)c2)c2cc3c(cnn3CCO)cc2n1. The molecule has 0 bridgehead atoms. The molecule has 0 radical (unpaired) electrons. The zero-order valence-corrected chi connectivity index (χ0v) is 16.4. The van der Waals surface area contributed by atoms with Crippen molar-refractivity contribution in [3.8, 4) is 0 Å². The lowest BCUT2D eigenvalue weighted by atomic mass is 10.0. The summed E-state index contributed by atoms with van der Waals surface area (Å²) in [5.74, 6) is 1.07. The highest BCUT2D eigenvalue weighted by Crippen LogP contribution is 2.32. The van der Waals surface area contributed by atoms with Gasteiger partial charge in [-0.15, -0.1) is 0 Å². The summed E-state index contributed by atoms with van der Waals surface area (Å²) >= 11 is 0. The van der Waals surface area contributed by atoms with E-state index in [4.69, 9.17) is 0 Å². The van der Waals surface area contributed by atoms with Crippen molar-refractivity contribution in [3.05, 3.63) is 59.5 Å². The van der Waals surface area contributed by atoms with E-state index in [0.717, 1.165) is 28.4 Å². The number of aliphatic hydroxyl groups is 1. The Kier molecular flexibility index (Phi) is 5.07. The Morgan fingerprint density at radius 1 is 1.17 bits per heavy atom. The number of hydrogen-bond donors (Lipinski definition) is 2. The Labute approximate surface area is 170 Å². The lowest BCUT2D eigenvalue weighted by Gasteiger charge is -2.18. The summed E-state index contributed by atoms with van der Waals surface area (Å²) in [7, 11) is 0. The van der Waals surface area contributed by atoms with E-state index in [1.54, 1.807) is 30.8 Å². The van der Waals surface area contributed by atoms with Crippen LogP contribution in [-0.4, -0.2) is 31.5 Å². The van der Waals surface area contributed by atoms with Crippen molar-refractivity contribution in [2.75, 3.05) is 11.9 Å². The third kappa shape index (κ3) is 3.80. The average molecular weight is 415 g/mol. The molecule has 0 saturated heterocycles. The van der Waals surface area contributed by atoms with Crippen molar-refractivity contribution in [2.24, 2.45) is 0 Å². The summed E-state index contributed by atoms with van der Waals surface area (Å²) in [5.41, 5.74) is 1.34. The van der Waals surface area contributed by atoms with Gasteiger partial charge in [0.05, 0.1) is 35.9 Å². The van der Waals surface area contributed by atoms with Gasteiger partial charge in [-0.25, -0.2) is 9.97 Å². The first-order valence-electron chi connectivity index (χ1n) is 9.45. The first-order valence-corrected chi connectivity index (χ1v) is 9.45. The molecule has 30 heavy (non-hydrogen) atoms. The molecular formula is C21H20F3N5O. The molecule has 0 amide bonds. The second-order valence-electron chi connectivity index (χ2n) is 7.13. The van der Waals surface area contributed by atoms with Gasteiger partial charge in [0.15, 0.2) is 0 Å². The zero-order chi connectivity index (χ0) is 21.5. The van der Waals surface area contributed by atoms with E-state index in [0.29, 0.717) is 29.3 Å². The molecule has 0 aliphatic rings. The predicted octanol–water partition coefficient (Wildman–Crippen LogP) is 4.47. The van der Waals surface area contributed by atoms with E-state index in [9.17, 15) is 18.3 Å². The number of hydrogen-bond acceptors (Lipinski definition) is 5. The molecule has 9 heteroatoms. The third-order valence-electron chi connectivity index (χ3n) is 4.95. The summed E-state index contributed by atoms with van der Waals surface area (Å²) < 4.78 is 40.9. The van der Waals surface area contributed by atoms with Crippen molar-refractivity contribution >= 4 is 27.6 Å². The predicted molar refractivity (Wildman–Crippen MR) is 108 cm³/mol. The van der Waals surface area contributed by atoms with Gasteiger partial charge in [0.2, 0.25) is 0 Å². The summed E-state index contributed by atoms with van der Waals surface area (Å²) in [6.07, 6.45) is -2.69. The molecule has 4 aromatic rings. The van der Waals surface area contributed by atoms with Crippen LogP contribution in [0, 0.1) is 6.92 Å². The maximum atomic E-state index is 13.1. The largest absolute Gasteiger partial charge is 0.416 e. The second-order valence-corrected chi connectivity index (χ2v) is 7.13. The van der Waals surface area contributed by atoms with Gasteiger partial charge in [-0.3, -0.25) is 4.68 Å². The number of aromatic nitrogens is 4. The van der Waals surface area contributed by atoms with E-state index in [-0.39, 0.29) is 6.61 Å². The average Bonchev–Trinajstić information content (AvgIpc) is 3.08. The van der Waals surface area contributed by atoms with Crippen molar-refractivity contribution in [3.63, 3.8) is 0 Å². The highest BCUT2D eigenvalue weighted by atomic mass is 19.4. The molecular weight excluding hydrogens is 395 g/mol. The highest BCUT2D eigenvalue weighted by Gasteiger charge is 2.30. The topological polar surface area (TPSA) is 75.9 Å². The molecule has 156 valence electrons. The van der Waals surface area contributed by atoms with Gasteiger partial charge in [0, 0.05) is 16.8 Å².